The zero-order chi connectivity index (χ0) is 19.6. The van der Waals surface area contributed by atoms with Crippen LogP contribution in [0.5, 0.6) is 11.5 Å². The van der Waals surface area contributed by atoms with Gasteiger partial charge in [-0.25, -0.2) is 5.43 Å². The van der Waals surface area contributed by atoms with Gasteiger partial charge < -0.3 is 14.3 Å². The number of nitrogens with zero attached hydrogens (tertiary/aromatic N) is 2. The zero-order valence-electron chi connectivity index (χ0n) is 14.4. The van der Waals surface area contributed by atoms with E-state index in [0.717, 1.165) is 11.5 Å². The summed E-state index contributed by atoms with van der Waals surface area (Å²) in [4.78, 5) is 22.4. The van der Waals surface area contributed by atoms with Crippen LogP contribution in [-0.2, 0) is 0 Å². The molecule has 1 aromatic heterocycles. The van der Waals surface area contributed by atoms with Crippen LogP contribution < -0.4 is 15.3 Å². The molecule has 27 heavy (non-hydrogen) atoms. The molecule has 3 rings (SSSR count). The van der Waals surface area contributed by atoms with E-state index in [0.29, 0.717) is 11.1 Å². The summed E-state index contributed by atoms with van der Waals surface area (Å²) >= 11 is 0. The van der Waals surface area contributed by atoms with Gasteiger partial charge in [0.15, 0.2) is 5.76 Å². The number of amides is 1. The van der Waals surface area contributed by atoms with E-state index in [1.165, 1.54) is 19.4 Å². The second-order valence-electron chi connectivity index (χ2n) is 5.58. The molecule has 0 atom stereocenters. The van der Waals surface area contributed by atoms with Crippen LogP contribution in [0.25, 0.3) is 11.0 Å². The minimum Gasteiger partial charge on any atom is -0.865 e. The molecule has 0 saturated heterocycles. The lowest BCUT2D eigenvalue weighted by molar-refractivity contribution is -0.398. The van der Waals surface area contributed by atoms with Gasteiger partial charge in [-0.2, -0.15) is 5.10 Å². The molecule has 0 spiro atoms. The van der Waals surface area contributed by atoms with Crippen molar-refractivity contribution in [2.75, 3.05) is 7.11 Å². The number of carbonyl (C=O) groups is 1. The smallest absolute Gasteiger partial charge is 0.307 e. The SMILES string of the molecule is COc1cc(/C=N\NC(=O)c2oc3ccccc3c2C)cc([N+](=O)[O-])c1[O-]. The number of fused-ring (bicyclic) bond motifs is 1. The van der Waals surface area contributed by atoms with Crippen molar-refractivity contribution < 1.29 is 24.0 Å². The predicted molar refractivity (Wildman–Crippen MR) is 95.1 cm³/mol. The van der Waals surface area contributed by atoms with Gasteiger partial charge in [0.2, 0.25) is 0 Å². The number of ether oxygens (including phenoxy) is 1. The number of nitro groups is 1. The van der Waals surface area contributed by atoms with Gasteiger partial charge in [-0.05, 0) is 19.1 Å². The molecule has 9 heteroatoms. The lowest BCUT2D eigenvalue weighted by Gasteiger charge is -2.12. The van der Waals surface area contributed by atoms with Gasteiger partial charge in [0, 0.05) is 28.3 Å². The maximum Gasteiger partial charge on any atom is 0.307 e. The Morgan fingerprint density at radius 3 is 2.74 bits per heavy atom. The van der Waals surface area contributed by atoms with Crippen LogP contribution in [0.3, 0.4) is 0 Å². The number of benzene rings is 2. The van der Waals surface area contributed by atoms with Gasteiger partial charge in [-0.15, -0.1) is 0 Å². The Bertz CT molecular complexity index is 1070. The van der Waals surface area contributed by atoms with Crippen molar-refractivity contribution in [2.24, 2.45) is 5.10 Å². The summed E-state index contributed by atoms with van der Waals surface area (Å²) in [5.41, 5.74) is 3.13. The highest BCUT2D eigenvalue weighted by molar-refractivity contribution is 5.99. The highest BCUT2D eigenvalue weighted by Gasteiger charge is 2.17. The van der Waals surface area contributed by atoms with Gasteiger partial charge in [-0.3, -0.25) is 14.9 Å². The molecular weight excluding hydrogens is 354 g/mol. The van der Waals surface area contributed by atoms with Crippen molar-refractivity contribution in [3.63, 3.8) is 0 Å². The first-order valence-corrected chi connectivity index (χ1v) is 7.77. The minimum absolute atomic E-state index is 0.117. The normalized spacial score (nSPS) is 11.0. The average molecular weight is 368 g/mol. The van der Waals surface area contributed by atoms with Crippen molar-refractivity contribution in [1.82, 2.24) is 5.43 Å². The second-order valence-corrected chi connectivity index (χ2v) is 5.58. The Hall–Kier alpha value is -3.88. The summed E-state index contributed by atoms with van der Waals surface area (Å²) < 4.78 is 10.4. The molecule has 3 aromatic rings. The summed E-state index contributed by atoms with van der Waals surface area (Å²) in [6, 6.07) is 9.56. The summed E-state index contributed by atoms with van der Waals surface area (Å²) in [5.74, 6) is -1.47. The third-order valence-corrected chi connectivity index (χ3v) is 3.90. The molecule has 0 radical (unpaired) electrons. The fourth-order valence-electron chi connectivity index (χ4n) is 2.58. The molecule has 9 nitrogen and oxygen atoms in total. The Morgan fingerprint density at radius 1 is 1.33 bits per heavy atom. The van der Waals surface area contributed by atoms with Crippen LogP contribution in [0.15, 0.2) is 45.9 Å². The standard InChI is InChI=1S/C18H15N3O6/c1-10-12-5-3-4-6-14(12)27-17(10)18(23)20-19-9-11-7-13(21(24)25)16(22)15(8-11)26-2/h3-9,22H,1-2H3,(H,20,23)/p-1/b19-9-. The van der Waals surface area contributed by atoms with E-state index in [4.69, 9.17) is 9.15 Å². The number of methoxy groups -OCH3 is 1. The summed E-state index contributed by atoms with van der Waals surface area (Å²) in [5, 5.41) is 27.3. The molecule has 2 aromatic carbocycles. The van der Waals surface area contributed by atoms with Crippen LogP contribution in [0.2, 0.25) is 0 Å². The average Bonchev–Trinajstić information content (AvgIpc) is 2.99. The first kappa shape index (κ1) is 17.9. The zero-order valence-corrected chi connectivity index (χ0v) is 14.4. The molecule has 1 N–H and O–H groups in total. The predicted octanol–water partition coefficient (Wildman–Crippen LogP) is 2.50. The van der Waals surface area contributed by atoms with Crippen LogP contribution in [-0.4, -0.2) is 24.2 Å². The number of hydrazone groups is 1. The summed E-state index contributed by atoms with van der Waals surface area (Å²) in [6.45, 7) is 1.76. The van der Waals surface area contributed by atoms with Gasteiger partial charge in [0.05, 0.1) is 18.2 Å². The van der Waals surface area contributed by atoms with E-state index in [9.17, 15) is 20.0 Å². The third kappa shape index (κ3) is 3.43. The molecule has 0 aliphatic carbocycles. The molecule has 1 amide bonds. The molecule has 0 aliphatic heterocycles. The first-order chi connectivity index (χ1) is 12.9. The Morgan fingerprint density at radius 2 is 2.07 bits per heavy atom. The van der Waals surface area contributed by atoms with Gasteiger partial charge in [0.25, 0.3) is 5.69 Å². The van der Waals surface area contributed by atoms with Gasteiger partial charge in [0.1, 0.15) is 11.3 Å². The maximum absolute atomic E-state index is 12.3. The molecule has 0 bridgehead atoms. The fourth-order valence-corrected chi connectivity index (χ4v) is 2.58. The van der Waals surface area contributed by atoms with Gasteiger partial charge >= 0.3 is 5.91 Å². The van der Waals surface area contributed by atoms with E-state index in [1.807, 2.05) is 12.1 Å². The highest BCUT2D eigenvalue weighted by Crippen LogP contribution is 2.33. The number of aryl methyl sites for hydroxylation is 1. The van der Waals surface area contributed by atoms with Crippen molar-refractivity contribution in [2.45, 2.75) is 6.92 Å². The lowest BCUT2D eigenvalue weighted by atomic mass is 10.1. The Labute approximate surface area is 153 Å². The number of nitro benzene ring substituents is 1. The second kappa shape index (κ2) is 7.16. The van der Waals surface area contributed by atoms with E-state index >= 15 is 0 Å². The van der Waals surface area contributed by atoms with Crippen LogP contribution in [0, 0.1) is 17.0 Å². The molecule has 0 fully saturated rings. The number of para-hydroxylation sites is 1. The van der Waals surface area contributed by atoms with Crippen molar-refractivity contribution in [1.29, 1.82) is 0 Å². The van der Waals surface area contributed by atoms with Crippen molar-refractivity contribution in [3.05, 3.63) is 63.4 Å². The van der Waals surface area contributed by atoms with Crippen molar-refractivity contribution in [3.8, 4) is 11.5 Å². The fraction of sp³-hybridized carbons (Fsp3) is 0.111. The number of hydrogen-bond donors (Lipinski definition) is 1. The van der Waals surface area contributed by atoms with E-state index in [-0.39, 0.29) is 17.1 Å². The van der Waals surface area contributed by atoms with E-state index in [1.54, 1.807) is 19.1 Å². The molecular formula is C18H14N3O6-. The van der Waals surface area contributed by atoms with Gasteiger partial charge in [-0.1, -0.05) is 18.2 Å². The number of furan rings is 1. The molecule has 0 aliphatic rings. The van der Waals surface area contributed by atoms with E-state index in [2.05, 4.69) is 10.5 Å². The number of hydrogen-bond acceptors (Lipinski definition) is 7. The Balaban J connectivity index is 1.82. The largest absolute Gasteiger partial charge is 0.865 e. The van der Waals surface area contributed by atoms with Crippen LogP contribution in [0.4, 0.5) is 5.69 Å². The molecule has 138 valence electrons. The highest BCUT2D eigenvalue weighted by atomic mass is 16.6. The first-order valence-electron chi connectivity index (χ1n) is 7.77. The number of carbonyl (C=O) groups excluding carboxylic acids is 1. The lowest BCUT2D eigenvalue weighted by Crippen LogP contribution is -2.17. The third-order valence-electron chi connectivity index (χ3n) is 3.90. The maximum atomic E-state index is 12.3. The quantitative estimate of drug-likeness (QED) is 0.418. The van der Waals surface area contributed by atoms with Crippen LogP contribution >= 0.6 is 0 Å². The number of rotatable bonds is 5. The molecule has 0 saturated carbocycles. The number of nitrogens with one attached hydrogen (secondary N) is 1. The van der Waals surface area contributed by atoms with E-state index < -0.39 is 22.3 Å². The summed E-state index contributed by atoms with van der Waals surface area (Å²) in [6.07, 6.45) is 1.17. The monoisotopic (exact) mass is 368 g/mol. The minimum atomic E-state index is -0.832. The summed E-state index contributed by atoms with van der Waals surface area (Å²) in [7, 11) is 1.23. The van der Waals surface area contributed by atoms with Crippen LogP contribution in [0.1, 0.15) is 21.7 Å². The molecule has 0 unspecified atom stereocenters. The Kier molecular flexibility index (Phi) is 4.75. The molecule has 1 heterocycles. The van der Waals surface area contributed by atoms with Crippen molar-refractivity contribution >= 4 is 28.8 Å². The topological polar surface area (TPSA) is 130 Å².